The fraction of sp³-hybridized carbons (Fsp3) is 0.105. The normalized spacial score (nSPS) is 12.9. The standard InChI is InChI=1S/C19H15.FHO3S/c1-13-17-8-4-3-7-15(17)12-16-11-10-14-6-2-5-9-18(14)19(13)16;1-5(2,3)4/h2-11H,12H2,1H3;(H,2,3,4)/q+1;/p-1. The minimum Gasteiger partial charge on any atom is -0.722 e. The summed E-state index contributed by atoms with van der Waals surface area (Å²) in [5.41, 5.74) is 5.75. The van der Waals surface area contributed by atoms with Gasteiger partial charge in [0.25, 0.3) is 10.5 Å². The second-order valence-electron chi connectivity index (χ2n) is 5.67. The second-order valence-corrected chi connectivity index (χ2v) is 6.46. The highest BCUT2D eigenvalue weighted by Gasteiger charge is 2.30. The maximum Gasteiger partial charge on any atom is 0.255 e. The van der Waals surface area contributed by atoms with Crippen LogP contribution in [-0.2, 0) is 16.9 Å². The Morgan fingerprint density at radius 2 is 1.58 bits per heavy atom. The molecule has 4 rings (SSSR count). The molecule has 3 aromatic rings. The van der Waals surface area contributed by atoms with Gasteiger partial charge in [-0.3, -0.25) is 0 Å². The van der Waals surface area contributed by atoms with Crippen molar-refractivity contribution < 1.29 is 16.9 Å². The number of hydrogen-bond acceptors (Lipinski definition) is 3. The highest BCUT2D eigenvalue weighted by Crippen LogP contribution is 2.39. The van der Waals surface area contributed by atoms with Gasteiger partial charge in [0.1, 0.15) is 0 Å². The van der Waals surface area contributed by atoms with E-state index in [1.165, 1.54) is 38.9 Å². The molecule has 0 radical (unpaired) electrons. The van der Waals surface area contributed by atoms with Crippen molar-refractivity contribution >= 4 is 21.3 Å². The zero-order valence-corrected chi connectivity index (χ0v) is 13.8. The summed E-state index contributed by atoms with van der Waals surface area (Å²) in [7, 11) is -5.42. The summed E-state index contributed by atoms with van der Waals surface area (Å²) in [6.45, 7) is 2.25. The summed E-state index contributed by atoms with van der Waals surface area (Å²) in [6, 6.07) is 22.0. The largest absolute Gasteiger partial charge is 0.722 e. The Balaban J connectivity index is 0.000000300. The lowest BCUT2D eigenvalue weighted by Gasteiger charge is -2.20. The Bertz CT molecular complexity index is 988. The average Bonchev–Trinajstić information content (AvgIpc) is 2.53. The molecule has 0 spiro atoms. The van der Waals surface area contributed by atoms with Crippen LogP contribution in [0.15, 0.2) is 60.7 Å². The van der Waals surface area contributed by atoms with E-state index >= 15 is 0 Å². The molecule has 122 valence electrons. The molecule has 0 amide bonds. The Hall–Kier alpha value is -2.37. The molecule has 0 heterocycles. The summed E-state index contributed by atoms with van der Waals surface area (Å²) in [5.74, 6) is 1.41. The Morgan fingerprint density at radius 1 is 0.958 bits per heavy atom. The van der Waals surface area contributed by atoms with Crippen LogP contribution in [0.1, 0.15) is 29.2 Å². The molecule has 0 aromatic heterocycles. The molecule has 0 saturated carbocycles. The zero-order valence-electron chi connectivity index (χ0n) is 13.0. The molecule has 0 atom stereocenters. The summed E-state index contributed by atoms with van der Waals surface area (Å²) in [5, 5.41) is 2.71. The Labute approximate surface area is 140 Å². The number of benzene rings is 3. The molecule has 1 aliphatic rings. The molecule has 0 fully saturated rings. The van der Waals surface area contributed by atoms with Crippen molar-refractivity contribution in [1.29, 1.82) is 0 Å². The Morgan fingerprint density at radius 3 is 2.33 bits per heavy atom. The monoisotopic (exact) mass is 342 g/mol. The molecular weight excluding hydrogens is 327 g/mol. The molecule has 0 N–H and O–H groups in total. The molecule has 3 nitrogen and oxygen atoms in total. The van der Waals surface area contributed by atoms with Crippen molar-refractivity contribution in [3.8, 4) is 0 Å². The van der Waals surface area contributed by atoms with Crippen LogP contribution >= 0.6 is 0 Å². The van der Waals surface area contributed by atoms with Crippen LogP contribution in [-0.4, -0.2) is 13.0 Å². The van der Waals surface area contributed by atoms with Crippen LogP contribution in [0.2, 0.25) is 0 Å². The van der Waals surface area contributed by atoms with Gasteiger partial charge in [0.2, 0.25) is 0 Å². The summed E-state index contributed by atoms with van der Waals surface area (Å²) < 4.78 is 35.3. The fourth-order valence-corrected chi connectivity index (χ4v) is 3.29. The van der Waals surface area contributed by atoms with Crippen molar-refractivity contribution in [2.75, 3.05) is 0 Å². The van der Waals surface area contributed by atoms with E-state index < -0.39 is 10.5 Å². The minimum atomic E-state index is -5.42. The molecule has 5 heteroatoms. The van der Waals surface area contributed by atoms with Gasteiger partial charge in [0.05, 0.1) is 22.9 Å². The number of halogens is 1. The first-order chi connectivity index (χ1) is 11.3. The molecule has 0 aliphatic heterocycles. The maximum atomic E-state index is 10.1. The fourth-order valence-electron chi connectivity index (χ4n) is 3.29. The highest BCUT2D eigenvalue weighted by atomic mass is 32.3. The predicted octanol–water partition coefficient (Wildman–Crippen LogP) is 4.15. The van der Waals surface area contributed by atoms with Gasteiger partial charge >= 0.3 is 0 Å². The van der Waals surface area contributed by atoms with Gasteiger partial charge < -0.3 is 4.55 Å². The van der Waals surface area contributed by atoms with Crippen molar-refractivity contribution in [3.63, 3.8) is 0 Å². The van der Waals surface area contributed by atoms with Crippen molar-refractivity contribution in [2.45, 2.75) is 13.3 Å². The van der Waals surface area contributed by atoms with Crippen LogP contribution in [0.4, 0.5) is 3.89 Å². The van der Waals surface area contributed by atoms with Gasteiger partial charge in [-0.2, -0.15) is 0 Å². The lowest BCUT2D eigenvalue weighted by Crippen LogP contribution is -2.12. The smallest absolute Gasteiger partial charge is 0.255 e. The number of rotatable bonds is 0. The highest BCUT2D eigenvalue weighted by molar-refractivity contribution is 7.80. The minimum absolute atomic E-state index is 1.05. The molecule has 0 unspecified atom stereocenters. The molecule has 0 saturated heterocycles. The van der Waals surface area contributed by atoms with Crippen molar-refractivity contribution in [2.24, 2.45) is 0 Å². The van der Waals surface area contributed by atoms with Crippen LogP contribution in [0.3, 0.4) is 0 Å². The molecule has 1 aliphatic carbocycles. The van der Waals surface area contributed by atoms with Gasteiger partial charge in [0.15, 0.2) is 0 Å². The third-order valence-corrected chi connectivity index (χ3v) is 4.19. The van der Waals surface area contributed by atoms with Gasteiger partial charge in [-0.05, 0) is 49.4 Å². The third-order valence-electron chi connectivity index (χ3n) is 4.19. The predicted molar refractivity (Wildman–Crippen MR) is 91.1 cm³/mol. The van der Waals surface area contributed by atoms with Gasteiger partial charge in [-0.25, -0.2) is 8.42 Å². The van der Waals surface area contributed by atoms with Crippen LogP contribution < -0.4 is 0 Å². The first kappa shape index (κ1) is 16.5. The molecular formula is C19H15FO3S. The number of fused-ring (bicyclic) bond motifs is 4. The topological polar surface area (TPSA) is 57.2 Å². The lowest BCUT2D eigenvalue weighted by atomic mass is 9.77. The van der Waals surface area contributed by atoms with E-state index in [0.29, 0.717) is 0 Å². The second kappa shape index (κ2) is 6.26. The maximum absolute atomic E-state index is 10.1. The van der Waals surface area contributed by atoms with Gasteiger partial charge in [0, 0.05) is 28.5 Å². The average molecular weight is 342 g/mol. The van der Waals surface area contributed by atoms with E-state index in [1.54, 1.807) is 0 Å². The van der Waals surface area contributed by atoms with E-state index in [0.717, 1.165) is 6.42 Å². The van der Waals surface area contributed by atoms with E-state index in [9.17, 15) is 3.89 Å². The van der Waals surface area contributed by atoms with E-state index in [1.807, 2.05) is 0 Å². The SMILES string of the molecule is C[C+]1c2ccccc2Cc2ccc3ccccc3c21.O=S(=O)([O-])F. The van der Waals surface area contributed by atoms with Gasteiger partial charge in [-0.15, -0.1) is 3.89 Å². The van der Waals surface area contributed by atoms with E-state index in [4.69, 9.17) is 13.0 Å². The van der Waals surface area contributed by atoms with Crippen LogP contribution in [0.5, 0.6) is 0 Å². The van der Waals surface area contributed by atoms with Crippen molar-refractivity contribution in [1.82, 2.24) is 0 Å². The molecule has 3 aromatic carbocycles. The van der Waals surface area contributed by atoms with E-state index in [2.05, 4.69) is 67.6 Å². The van der Waals surface area contributed by atoms with E-state index in [-0.39, 0.29) is 0 Å². The zero-order chi connectivity index (χ0) is 17.3. The molecule has 0 bridgehead atoms. The summed E-state index contributed by atoms with van der Waals surface area (Å²) >= 11 is 0. The van der Waals surface area contributed by atoms with Crippen LogP contribution in [0.25, 0.3) is 10.8 Å². The first-order valence-electron chi connectivity index (χ1n) is 7.43. The quantitative estimate of drug-likeness (QED) is 0.350. The lowest BCUT2D eigenvalue weighted by molar-refractivity contribution is 0.417. The Kier molecular flexibility index (Phi) is 4.30. The number of hydrogen-bond donors (Lipinski definition) is 0. The van der Waals surface area contributed by atoms with Crippen LogP contribution in [0, 0.1) is 5.92 Å². The summed E-state index contributed by atoms with van der Waals surface area (Å²) in [6.07, 6.45) is 1.05. The van der Waals surface area contributed by atoms with Crippen molar-refractivity contribution in [3.05, 3.63) is 88.8 Å². The third kappa shape index (κ3) is 3.42. The molecule has 24 heavy (non-hydrogen) atoms. The first-order valence-corrected chi connectivity index (χ1v) is 8.74. The summed E-state index contributed by atoms with van der Waals surface area (Å²) in [4.78, 5) is 0. The van der Waals surface area contributed by atoms with Gasteiger partial charge in [-0.1, -0.05) is 12.1 Å².